The summed E-state index contributed by atoms with van der Waals surface area (Å²) in [6, 6.07) is 3.41. The molecule has 1 aromatic heterocycles. The molecule has 4 unspecified atom stereocenters. The molecule has 1 saturated heterocycles. The first-order valence-electron chi connectivity index (χ1n) is 5.70. The van der Waals surface area contributed by atoms with Crippen molar-refractivity contribution in [2.45, 2.75) is 24.5 Å². The number of hydrogen-bond donors (Lipinski definition) is 1. The van der Waals surface area contributed by atoms with Crippen LogP contribution in [0.4, 0.5) is 0 Å². The van der Waals surface area contributed by atoms with Crippen molar-refractivity contribution in [1.82, 2.24) is 0 Å². The van der Waals surface area contributed by atoms with E-state index >= 15 is 0 Å². The third-order valence-corrected chi connectivity index (χ3v) is 3.61. The Morgan fingerprint density at radius 3 is 2.83 bits per heavy atom. The molecule has 0 spiro atoms. The van der Waals surface area contributed by atoms with Crippen LogP contribution in [-0.2, 0) is 14.3 Å². The Bertz CT molecular complexity index is 530. The van der Waals surface area contributed by atoms with Gasteiger partial charge in [-0.1, -0.05) is 0 Å². The molecule has 2 bridgehead atoms. The second-order valence-electron chi connectivity index (χ2n) is 4.68. The SMILES string of the molecule is CC(=O)C1C(c2ccco2)C2C=CC1(O)C(=O)O2. The maximum atomic E-state index is 11.8. The zero-order valence-corrected chi connectivity index (χ0v) is 9.70. The lowest BCUT2D eigenvalue weighted by Gasteiger charge is -2.46. The van der Waals surface area contributed by atoms with Crippen molar-refractivity contribution < 1.29 is 23.8 Å². The molecule has 1 fully saturated rings. The second kappa shape index (κ2) is 3.55. The summed E-state index contributed by atoms with van der Waals surface area (Å²) in [5, 5.41) is 10.4. The maximum absolute atomic E-state index is 11.8. The zero-order valence-electron chi connectivity index (χ0n) is 9.70. The first-order valence-corrected chi connectivity index (χ1v) is 5.70. The van der Waals surface area contributed by atoms with E-state index in [-0.39, 0.29) is 5.78 Å². The Kier molecular flexibility index (Phi) is 2.22. The highest BCUT2D eigenvalue weighted by molar-refractivity contribution is 5.94. The summed E-state index contributed by atoms with van der Waals surface area (Å²) in [6.07, 6.45) is 3.89. The number of rotatable bonds is 2. The third-order valence-electron chi connectivity index (χ3n) is 3.61. The third kappa shape index (κ3) is 1.31. The molecule has 5 nitrogen and oxygen atoms in total. The molecule has 1 aromatic rings. The molecule has 5 heteroatoms. The number of ketones is 1. The van der Waals surface area contributed by atoms with Crippen molar-refractivity contribution in [3.05, 3.63) is 36.3 Å². The lowest BCUT2D eigenvalue weighted by Crippen LogP contribution is -2.60. The van der Waals surface area contributed by atoms with Crippen molar-refractivity contribution in [2.24, 2.45) is 5.92 Å². The first kappa shape index (κ1) is 11.2. The standard InChI is InChI=1S/C13H12O5/c1-7(14)11-10(8-3-2-6-17-8)9-4-5-13(11,16)12(15)18-9/h2-6,9-11,16H,1H3. The molecular weight excluding hydrogens is 236 g/mol. The van der Waals surface area contributed by atoms with Gasteiger partial charge in [0, 0.05) is 0 Å². The van der Waals surface area contributed by atoms with Gasteiger partial charge in [0.05, 0.1) is 18.1 Å². The van der Waals surface area contributed by atoms with E-state index in [0.717, 1.165) is 0 Å². The topological polar surface area (TPSA) is 76.7 Å². The summed E-state index contributed by atoms with van der Waals surface area (Å²) in [5.41, 5.74) is -1.88. The first-order chi connectivity index (χ1) is 8.54. The predicted molar refractivity (Wildman–Crippen MR) is 59.6 cm³/mol. The minimum absolute atomic E-state index is 0.259. The van der Waals surface area contributed by atoms with E-state index in [0.29, 0.717) is 5.76 Å². The molecule has 0 amide bonds. The fraction of sp³-hybridized carbons (Fsp3) is 0.385. The van der Waals surface area contributed by atoms with Crippen LogP contribution in [-0.4, -0.2) is 28.6 Å². The predicted octanol–water partition coefficient (Wildman–Crippen LogP) is 0.795. The van der Waals surface area contributed by atoms with Gasteiger partial charge in [-0.05, 0) is 31.2 Å². The van der Waals surface area contributed by atoms with E-state index in [4.69, 9.17) is 9.15 Å². The van der Waals surface area contributed by atoms with Gasteiger partial charge in [-0.25, -0.2) is 4.79 Å². The summed E-state index contributed by atoms with van der Waals surface area (Å²) < 4.78 is 10.4. The van der Waals surface area contributed by atoms with Crippen LogP contribution in [0.2, 0.25) is 0 Å². The summed E-state index contributed by atoms with van der Waals surface area (Å²) in [4.78, 5) is 23.5. The van der Waals surface area contributed by atoms with Crippen LogP contribution in [0, 0.1) is 5.92 Å². The Labute approximate surface area is 103 Å². The number of esters is 1. The van der Waals surface area contributed by atoms with Gasteiger partial charge in [-0.15, -0.1) is 0 Å². The van der Waals surface area contributed by atoms with E-state index in [1.807, 2.05) is 0 Å². The molecule has 1 N–H and O–H groups in total. The molecule has 3 aliphatic rings. The average molecular weight is 248 g/mol. The van der Waals surface area contributed by atoms with Crippen LogP contribution < -0.4 is 0 Å². The average Bonchev–Trinajstić information content (AvgIpc) is 2.82. The molecule has 94 valence electrons. The van der Waals surface area contributed by atoms with E-state index in [1.54, 1.807) is 18.2 Å². The smallest absolute Gasteiger partial charge is 0.343 e. The number of aliphatic hydroxyl groups is 1. The highest BCUT2D eigenvalue weighted by Crippen LogP contribution is 2.47. The summed E-state index contributed by atoms with van der Waals surface area (Å²) in [6.45, 7) is 1.36. The summed E-state index contributed by atoms with van der Waals surface area (Å²) in [7, 11) is 0. The largest absolute Gasteiger partial charge is 0.469 e. The van der Waals surface area contributed by atoms with Gasteiger partial charge in [0.25, 0.3) is 0 Å². The number of ether oxygens (including phenoxy) is 1. The van der Waals surface area contributed by atoms with Gasteiger partial charge < -0.3 is 14.3 Å². The van der Waals surface area contributed by atoms with Crippen LogP contribution in [0.5, 0.6) is 0 Å². The normalized spacial score (nSPS) is 37.7. The summed E-state index contributed by atoms with van der Waals surface area (Å²) >= 11 is 0. The Balaban J connectivity index is 2.13. The van der Waals surface area contributed by atoms with Gasteiger partial charge in [-0.2, -0.15) is 0 Å². The van der Waals surface area contributed by atoms with Crippen molar-refractivity contribution in [3.63, 3.8) is 0 Å². The Hall–Kier alpha value is -1.88. The minimum atomic E-state index is -1.88. The van der Waals surface area contributed by atoms with Crippen molar-refractivity contribution in [1.29, 1.82) is 0 Å². The summed E-state index contributed by atoms with van der Waals surface area (Å²) in [5.74, 6) is -1.82. The lowest BCUT2D eigenvalue weighted by molar-refractivity contribution is -0.190. The van der Waals surface area contributed by atoms with E-state index < -0.39 is 29.5 Å². The molecule has 0 aromatic carbocycles. The number of furan rings is 1. The molecule has 4 rings (SSSR count). The van der Waals surface area contributed by atoms with E-state index in [1.165, 1.54) is 19.3 Å². The molecule has 4 atom stereocenters. The fourth-order valence-electron chi connectivity index (χ4n) is 2.82. The van der Waals surface area contributed by atoms with Crippen molar-refractivity contribution in [3.8, 4) is 0 Å². The van der Waals surface area contributed by atoms with Crippen LogP contribution in [0.3, 0.4) is 0 Å². The number of Topliss-reactive ketones (excluding diaryl/α,β-unsaturated/α-hetero) is 1. The van der Waals surface area contributed by atoms with Crippen molar-refractivity contribution >= 4 is 11.8 Å². The highest BCUT2D eigenvalue weighted by atomic mass is 16.6. The minimum Gasteiger partial charge on any atom is -0.469 e. The number of carbonyl (C=O) groups excluding carboxylic acids is 2. The van der Waals surface area contributed by atoms with E-state index in [9.17, 15) is 14.7 Å². The van der Waals surface area contributed by atoms with Crippen LogP contribution in [0.15, 0.2) is 35.0 Å². The second-order valence-corrected chi connectivity index (χ2v) is 4.68. The highest BCUT2D eigenvalue weighted by Gasteiger charge is 2.60. The van der Waals surface area contributed by atoms with Crippen molar-refractivity contribution in [2.75, 3.05) is 0 Å². The lowest BCUT2D eigenvalue weighted by atomic mass is 9.66. The van der Waals surface area contributed by atoms with Gasteiger partial charge in [0.15, 0.2) is 5.60 Å². The molecule has 0 radical (unpaired) electrons. The molecular formula is C13H12O5. The zero-order chi connectivity index (χ0) is 12.9. The molecule has 18 heavy (non-hydrogen) atoms. The number of hydrogen-bond acceptors (Lipinski definition) is 5. The number of fused-ring (bicyclic) bond motifs is 2. The molecule has 3 heterocycles. The molecule has 1 aliphatic carbocycles. The van der Waals surface area contributed by atoms with Gasteiger partial charge in [-0.3, -0.25) is 4.79 Å². The number of carbonyl (C=O) groups is 2. The van der Waals surface area contributed by atoms with Gasteiger partial charge in [0.2, 0.25) is 0 Å². The van der Waals surface area contributed by atoms with Crippen LogP contribution in [0.25, 0.3) is 0 Å². The fourth-order valence-corrected chi connectivity index (χ4v) is 2.82. The quantitative estimate of drug-likeness (QED) is 0.618. The monoisotopic (exact) mass is 248 g/mol. The Morgan fingerprint density at radius 2 is 2.28 bits per heavy atom. The molecule has 0 saturated carbocycles. The van der Waals surface area contributed by atoms with E-state index in [2.05, 4.69) is 0 Å². The van der Waals surface area contributed by atoms with Gasteiger partial charge >= 0.3 is 5.97 Å². The van der Waals surface area contributed by atoms with Crippen LogP contribution in [0.1, 0.15) is 18.6 Å². The maximum Gasteiger partial charge on any atom is 0.343 e. The van der Waals surface area contributed by atoms with Crippen LogP contribution >= 0.6 is 0 Å². The Morgan fingerprint density at radius 1 is 1.50 bits per heavy atom. The van der Waals surface area contributed by atoms with Gasteiger partial charge in [0.1, 0.15) is 17.6 Å². The molecule has 2 aliphatic heterocycles.